The quantitative estimate of drug-likeness (QED) is 0.882. The first kappa shape index (κ1) is 15.5. The zero-order chi connectivity index (χ0) is 15.6. The highest BCUT2D eigenvalue weighted by molar-refractivity contribution is 7.90. The number of nitrogens with zero attached hydrogens (tertiary/aromatic N) is 1. The molecule has 0 saturated heterocycles. The van der Waals surface area contributed by atoms with Crippen LogP contribution in [0.4, 0.5) is 5.69 Å². The lowest BCUT2D eigenvalue weighted by atomic mass is 10.1. The van der Waals surface area contributed by atoms with E-state index in [1.165, 1.54) is 11.2 Å². The normalized spacial score (nSPS) is 19.0. The number of carbonyl (C=O) groups excluding carboxylic acids is 2. The molecule has 1 atom stereocenters. The third-order valence-corrected chi connectivity index (χ3v) is 4.35. The predicted molar refractivity (Wildman–Crippen MR) is 80.1 cm³/mol. The molecule has 1 aromatic rings. The molecule has 1 unspecified atom stereocenters. The van der Waals surface area contributed by atoms with Gasteiger partial charge in [-0.05, 0) is 25.5 Å². The molecule has 1 aliphatic rings. The third kappa shape index (κ3) is 3.60. The Morgan fingerprint density at radius 3 is 2.57 bits per heavy atom. The first-order chi connectivity index (χ1) is 9.79. The summed E-state index contributed by atoms with van der Waals surface area (Å²) in [6.45, 7) is 1.89. The number of fused-ring (bicyclic) bond motifs is 1. The van der Waals surface area contributed by atoms with Gasteiger partial charge in [0, 0.05) is 12.8 Å². The highest BCUT2D eigenvalue weighted by Gasteiger charge is 2.30. The van der Waals surface area contributed by atoms with E-state index in [1.54, 1.807) is 31.2 Å². The van der Waals surface area contributed by atoms with Crippen LogP contribution in [0.2, 0.25) is 0 Å². The Hall–Kier alpha value is -1.89. The van der Waals surface area contributed by atoms with Crippen LogP contribution in [0.5, 0.6) is 0 Å². The van der Waals surface area contributed by atoms with Crippen LogP contribution < -0.4 is 10.2 Å². The van der Waals surface area contributed by atoms with E-state index in [0.29, 0.717) is 17.7 Å². The van der Waals surface area contributed by atoms with E-state index in [-0.39, 0.29) is 24.1 Å². The fraction of sp³-hybridized carbons (Fsp3) is 0.429. The van der Waals surface area contributed by atoms with Gasteiger partial charge in [-0.1, -0.05) is 12.1 Å². The molecule has 7 heteroatoms. The lowest BCUT2D eigenvalue weighted by Crippen LogP contribution is -2.44. The molecule has 1 heterocycles. The Kier molecular flexibility index (Phi) is 4.32. The van der Waals surface area contributed by atoms with Crippen molar-refractivity contribution in [1.82, 2.24) is 5.32 Å². The van der Waals surface area contributed by atoms with Gasteiger partial charge < -0.3 is 10.2 Å². The maximum Gasteiger partial charge on any atom is 0.254 e. The fourth-order valence-electron chi connectivity index (χ4n) is 2.31. The molecular weight excluding hydrogens is 292 g/mol. The van der Waals surface area contributed by atoms with Crippen molar-refractivity contribution in [3.05, 3.63) is 29.8 Å². The molecule has 0 saturated carbocycles. The van der Waals surface area contributed by atoms with E-state index >= 15 is 0 Å². The van der Waals surface area contributed by atoms with Crippen LogP contribution in [0.25, 0.3) is 0 Å². The standard InChI is InChI=1S/C14H18N2O4S/c1-10-14(18)16(8-5-9-21(2,19)20)12-7-4-3-6-11(12)13(17)15-10/h3-4,6-7,10H,5,8-9H2,1-2H3,(H,15,17). The Bertz CT molecular complexity index is 669. The Balaban J connectivity index is 2.30. The van der Waals surface area contributed by atoms with Gasteiger partial charge in [0.1, 0.15) is 15.9 Å². The van der Waals surface area contributed by atoms with Gasteiger partial charge >= 0.3 is 0 Å². The van der Waals surface area contributed by atoms with E-state index in [2.05, 4.69) is 5.32 Å². The van der Waals surface area contributed by atoms with Gasteiger partial charge in [0.2, 0.25) is 5.91 Å². The molecule has 21 heavy (non-hydrogen) atoms. The van der Waals surface area contributed by atoms with Gasteiger partial charge in [-0.2, -0.15) is 0 Å². The summed E-state index contributed by atoms with van der Waals surface area (Å²) in [5, 5.41) is 2.64. The largest absolute Gasteiger partial charge is 0.340 e. The molecular formula is C14H18N2O4S. The number of sulfone groups is 1. The van der Waals surface area contributed by atoms with E-state index in [1.807, 2.05) is 0 Å². The molecule has 0 bridgehead atoms. The van der Waals surface area contributed by atoms with Crippen molar-refractivity contribution < 1.29 is 18.0 Å². The van der Waals surface area contributed by atoms with E-state index in [9.17, 15) is 18.0 Å². The van der Waals surface area contributed by atoms with Gasteiger partial charge in [0.15, 0.2) is 0 Å². The van der Waals surface area contributed by atoms with Crippen LogP contribution in [0.15, 0.2) is 24.3 Å². The van der Waals surface area contributed by atoms with Crippen molar-refractivity contribution in [3.8, 4) is 0 Å². The molecule has 2 rings (SSSR count). The summed E-state index contributed by atoms with van der Waals surface area (Å²) in [7, 11) is -3.07. The third-order valence-electron chi connectivity index (χ3n) is 3.32. The van der Waals surface area contributed by atoms with Crippen LogP contribution in [0, 0.1) is 0 Å². The lowest BCUT2D eigenvalue weighted by molar-refractivity contribution is -0.119. The number of anilines is 1. The summed E-state index contributed by atoms with van der Waals surface area (Å²) in [5.41, 5.74) is 0.951. The molecule has 0 aliphatic carbocycles. The summed E-state index contributed by atoms with van der Waals surface area (Å²) in [6.07, 6.45) is 1.50. The molecule has 1 aromatic carbocycles. The maximum atomic E-state index is 12.4. The van der Waals surface area contributed by atoms with Crippen LogP contribution in [-0.4, -0.2) is 44.8 Å². The first-order valence-corrected chi connectivity index (χ1v) is 8.74. The molecule has 2 amide bonds. The van der Waals surface area contributed by atoms with Crippen molar-refractivity contribution in [2.45, 2.75) is 19.4 Å². The van der Waals surface area contributed by atoms with Crippen LogP contribution in [-0.2, 0) is 14.6 Å². The van der Waals surface area contributed by atoms with Gasteiger partial charge in [-0.3, -0.25) is 9.59 Å². The monoisotopic (exact) mass is 310 g/mol. The van der Waals surface area contributed by atoms with E-state index < -0.39 is 15.9 Å². The van der Waals surface area contributed by atoms with Gasteiger partial charge in [0.05, 0.1) is 17.0 Å². The zero-order valence-corrected chi connectivity index (χ0v) is 12.8. The number of amides is 2. The van der Waals surface area contributed by atoms with Gasteiger partial charge in [-0.25, -0.2) is 8.42 Å². The van der Waals surface area contributed by atoms with Crippen molar-refractivity contribution in [2.24, 2.45) is 0 Å². The lowest BCUT2D eigenvalue weighted by Gasteiger charge is -2.23. The zero-order valence-electron chi connectivity index (χ0n) is 12.0. The maximum absolute atomic E-state index is 12.4. The number of para-hydroxylation sites is 1. The van der Waals surface area contributed by atoms with E-state index in [0.717, 1.165) is 0 Å². The number of nitrogens with one attached hydrogen (secondary N) is 1. The second-order valence-electron chi connectivity index (χ2n) is 5.19. The predicted octanol–water partition coefficient (Wildman–Crippen LogP) is 0.586. The van der Waals surface area contributed by atoms with Crippen LogP contribution >= 0.6 is 0 Å². The SMILES string of the molecule is CC1NC(=O)c2ccccc2N(CCCS(C)(=O)=O)C1=O. The Labute approximate surface area is 124 Å². The number of hydrogen-bond donors (Lipinski definition) is 1. The first-order valence-electron chi connectivity index (χ1n) is 6.68. The summed E-state index contributed by atoms with van der Waals surface area (Å²) in [4.78, 5) is 25.9. The number of benzene rings is 1. The average molecular weight is 310 g/mol. The fourth-order valence-corrected chi connectivity index (χ4v) is 2.96. The summed E-state index contributed by atoms with van der Waals surface area (Å²) in [5.74, 6) is -0.520. The van der Waals surface area contributed by atoms with Crippen molar-refractivity contribution in [3.63, 3.8) is 0 Å². The molecule has 1 N–H and O–H groups in total. The molecule has 0 aromatic heterocycles. The second-order valence-corrected chi connectivity index (χ2v) is 7.45. The highest BCUT2D eigenvalue weighted by Crippen LogP contribution is 2.24. The smallest absolute Gasteiger partial charge is 0.254 e. The number of hydrogen-bond acceptors (Lipinski definition) is 4. The van der Waals surface area contributed by atoms with Gasteiger partial charge in [-0.15, -0.1) is 0 Å². The highest BCUT2D eigenvalue weighted by atomic mass is 32.2. The average Bonchev–Trinajstić information content (AvgIpc) is 2.49. The number of carbonyl (C=O) groups is 2. The Morgan fingerprint density at radius 1 is 1.24 bits per heavy atom. The molecule has 0 spiro atoms. The van der Waals surface area contributed by atoms with Gasteiger partial charge in [0.25, 0.3) is 5.91 Å². The second kappa shape index (κ2) is 5.85. The molecule has 0 fully saturated rings. The van der Waals surface area contributed by atoms with E-state index in [4.69, 9.17) is 0 Å². The summed E-state index contributed by atoms with van der Waals surface area (Å²) < 4.78 is 22.4. The molecule has 1 aliphatic heterocycles. The molecule has 0 radical (unpaired) electrons. The van der Waals surface area contributed by atoms with Crippen molar-refractivity contribution in [2.75, 3.05) is 23.5 Å². The number of rotatable bonds is 4. The van der Waals surface area contributed by atoms with Crippen molar-refractivity contribution >= 4 is 27.3 Å². The minimum Gasteiger partial charge on any atom is -0.340 e. The summed E-state index contributed by atoms with van der Waals surface area (Å²) >= 11 is 0. The van der Waals surface area contributed by atoms with Crippen molar-refractivity contribution in [1.29, 1.82) is 0 Å². The topological polar surface area (TPSA) is 83.6 Å². The minimum absolute atomic E-state index is 0.00863. The molecule has 6 nitrogen and oxygen atoms in total. The summed E-state index contributed by atoms with van der Waals surface area (Å²) in [6, 6.07) is 6.19. The molecule has 114 valence electrons. The minimum atomic E-state index is -3.07. The Morgan fingerprint density at radius 2 is 1.90 bits per heavy atom. The van der Waals surface area contributed by atoms with Crippen LogP contribution in [0.3, 0.4) is 0 Å². The van der Waals surface area contributed by atoms with Crippen LogP contribution in [0.1, 0.15) is 23.7 Å².